The molecule has 0 radical (unpaired) electrons. The van der Waals surface area contributed by atoms with Gasteiger partial charge in [-0.15, -0.1) is 0 Å². The molecular weight excluding hydrogens is 186 g/mol. The van der Waals surface area contributed by atoms with E-state index >= 15 is 0 Å². The first-order chi connectivity index (χ1) is 7.29. The molecule has 0 aromatic carbocycles. The van der Waals surface area contributed by atoms with Gasteiger partial charge in [0.05, 0.1) is 0 Å². The first-order valence-electron chi connectivity index (χ1n) is 6.00. The Morgan fingerprint density at radius 1 is 1.53 bits per heavy atom. The number of nitrogens with two attached hydrogens (primary N) is 1. The summed E-state index contributed by atoms with van der Waals surface area (Å²) in [5.74, 6) is 1.24. The highest BCUT2D eigenvalue weighted by molar-refractivity contribution is 4.99. The highest BCUT2D eigenvalue weighted by Crippen LogP contribution is 2.49. The average Bonchev–Trinajstić information content (AvgIpc) is 2.83. The van der Waals surface area contributed by atoms with Gasteiger partial charge < -0.3 is 10.3 Å². The molecule has 0 spiro atoms. The van der Waals surface area contributed by atoms with E-state index in [0.29, 0.717) is 5.41 Å². The molecule has 0 unspecified atom stereocenters. The fourth-order valence-electron chi connectivity index (χ4n) is 2.27. The number of imidazole rings is 1. The third-order valence-electron chi connectivity index (χ3n) is 3.41. The van der Waals surface area contributed by atoms with E-state index in [9.17, 15) is 0 Å². The molecule has 1 aliphatic rings. The van der Waals surface area contributed by atoms with E-state index in [1.807, 2.05) is 6.20 Å². The van der Waals surface area contributed by atoms with Gasteiger partial charge in [0.2, 0.25) is 0 Å². The second kappa shape index (κ2) is 4.35. The lowest BCUT2D eigenvalue weighted by Crippen LogP contribution is -2.17. The standard InChI is InChI=1S/C12H21N3/c1-2-3-11-14-8-9-15(11)10-12(4-5-12)6-7-13/h8-9H,2-7,10,13H2,1H3. The molecule has 84 valence electrons. The minimum absolute atomic E-state index is 0.512. The fourth-order valence-corrected chi connectivity index (χ4v) is 2.27. The summed E-state index contributed by atoms with van der Waals surface area (Å²) in [6.45, 7) is 4.14. The maximum absolute atomic E-state index is 5.66. The molecule has 3 heteroatoms. The Hall–Kier alpha value is -0.830. The van der Waals surface area contributed by atoms with Gasteiger partial charge >= 0.3 is 0 Å². The van der Waals surface area contributed by atoms with Crippen molar-refractivity contribution in [2.45, 2.75) is 45.6 Å². The molecule has 0 saturated heterocycles. The van der Waals surface area contributed by atoms with Gasteiger partial charge in [0.1, 0.15) is 5.82 Å². The minimum Gasteiger partial charge on any atom is -0.334 e. The van der Waals surface area contributed by atoms with E-state index in [4.69, 9.17) is 5.73 Å². The summed E-state index contributed by atoms with van der Waals surface area (Å²) >= 11 is 0. The molecule has 0 amide bonds. The Kier molecular flexibility index (Phi) is 3.10. The molecule has 0 bridgehead atoms. The molecular formula is C12H21N3. The van der Waals surface area contributed by atoms with Crippen molar-refractivity contribution in [3.05, 3.63) is 18.2 Å². The van der Waals surface area contributed by atoms with Crippen LogP contribution < -0.4 is 5.73 Å². The zero-order valence-electron chi connectivity index (χ0n) is 9.58. The van der Waals surface area contributed by atoms with Gasteiger partial charge in [-0.25, -0.2) is 4.98 Å². The molecule has 0 aliphatic heterocycles. The van der Waals surface area contributed by atoms with Gasteiger partial charge in [0.15, 0.2) is 0 Å². The quantitative estimate of drug-likeness (QED) is 0.775. The zero-order chi connectivity index (χ0) is 10.7. The molecule has 15 heavy (non-hydrogen) atoms. The lowest BCUT2D eigenvalue weighted by atomic mass is 10.0. The highest BCUT2D eigenvalue weighted by atomic mass is 15.1. The van der Waals surface area contributed by atoms with Gasteiger partial charge in [0, 0.05) is 25.4 Å². The third kappa shape index (κ3) is 2.40. The Bertz CT molecular complexity index is 312. The summed E-state index contributed by atoms with van der Waals surface area (Å²) in [6.07, 6.45) is 10.1. The number of hydrogen-bond acceptors (Lipinski definition) is 2. The third-order valence-corrected chi connectivity index (χ3v) is 3.41. The maximum Gasteiger partial charge on any atom is 0.108 e. The van der Waals surface area contributed by atoms with Crippen LogP contribution in [0.5, 0.6) is 0 Å². The molecule has 1 aromatic heterocycles. The summed E-state index contributed by atoms with van der Waals surface area (Å²) in [4.78, 5) is 4.41. The van der Waals surface area contributed by atoms with Crippen molar-refractivity contribution in [2.75, 3.05) is 6.54 Å². The molecule has 1 fully saturated rings. The molecule has 1 aliphatic carbocycles. The predicted octanol–water partition coefficient (Wildman–Crippen LogP) is 1.96. The number of hydrogen-bond donors (Lipinski definition) is 1. The van der Waals surface area contributed by atoms with Crippen LogP contribution >= 0.6 is 0 Å². The molecule has 2 N–H and O–H groups in total. The number of aromatic nitrogens is 2. The van der Waals surface area contributed by atoms with Crippen molar-refractivity contribution in [3.63, 3.8) is 0 Å². The lowest BCUT2D eigenvalue weighted by molar-refractivity contribution is 0.390. The average molecular weight is 207 g/mol. The lowest BCUT2D eigenvalue weighted by Gasteiger charge is -2.16. The number of aryl methyl sites for hydroxylation is 1. The number of rotatable bonds is 6. The first kappa shape index (κ1) is 10.7. The predicted molar refractivity (Wildman–Crippen MR) is 61.6 cm³/mol. The smallest absolute Gasteiger partial charge is 0.108 e. The van der Waals surface area contributed by atoms with Crippen LogP contribution in [0.3, 0.4) is 0 Å². The van der Waals surface area contributed by atoms with Crippen LogP contribution in [0, 0.1) is 5.41 Å². The van der Waals surface area contributed by atoms with Crippen LogP contribution in [-0.4, -0.2) is 16.1 Å². The summed E-state index contributed by atoms with van der Waals surface area (Å²) in [5.41, 5.74) is 6.17. The van der Waals surface area contributed by atoms with Gasteiger partial charge in [0.25, 0.3) is 0 Å². The Labute approximate surface area is 91.7 Å². The second-order valence-electron chi connectivity index (χ2n) is 4.76. The van der Waals surface area contributed by atoms with Crippen molar-refractivity contribution >= 4 is 0 Å². The summed E-state index contributed by atoms with van der Waals surface area (Å²) < 4.78 is 2.33. The maximum atomic E-state index is 5.66. The summed E-state index contributed by atoms with van der Waals surface area (Å²) in [5, 5.41) is 0. The van der Waals surface area contributed by atoms with Crippen LogP contribution in [-0.2, 0) is 13.0 Å². The van der Waals surface area contributed by atoms with Crippen LogP contribution in [0.2, 0.25) is 0 Å². The van der Waals surface area contributed by atoms with Crippen LogP contribution in [0.15, 0.2) is 12.4 Å². The van der Waals surface area contributed by atoms with Gasteiger partial charge in [-0.1, -0.05) is 6.92 Å². The Morgan fingerprint density at radius 2 is 2.33 bits per heavy atom. The van der Waals surface area contributed by atoms with Gasteiger partial charge in [-0.3, -0.25) is 0 Å². The Balaban J connectivity index is 2.00. The van der Waals surface area contributed by atoms with Crippen molar-refractivity contribution in [1.29, 1.82) is 0 Å². The molecule has 2 rings (SSSR count). The molecule has 3 nitrogen and oxygen atoms in total. The first-order valence-corrected chi connectivity index (χ1v) is 6.00. The van der Waals surface area contributed by atoms with Crippen LogP contribution in [0.4, 0.5) is 0 Å². The van der Waals surface area contributed by atoms with Crippen molar-refractivity contribution in [1.82, 2.24) is 9.55 Å². The SMILES string of the molecule is CCCc1nccn1CC1(CCN)CC1. The fraction of sp³-hybridized carbons (Fsp3) is 0.750. The van der Waals surface area contributed by atoms with E-state index in [1.54, 1.807) is 0 Å². The number of nitrogens with zero attached hydrogens (tertiary/aromatic N) is 2. The second-order valence-corrected chi connectivity index (χ2v) is 4.76. The van der Waals surface area contributed by atoms with Crippen molar-refractivity contribution in [3.8, 4) is 0 Å². The highest BCUT2D eigenvalue weighted by Gasteiger charge is 2.42. The minimum atomic E-state index is 0.512. The van der Waals surface area contributed by atoms with Gasteiger partial charge in [-0.05, 0) is 37.6 Å². The van der Waals surface area contributed by atoms with Crippen LogP contribution in [0.25, 0.3) is 0 Å². The van der Waals surface area contributed by atoms with Gasteiger partial charge in [-0.2, -0.15) is 0 Å². The van der Waals surface area contributed by atoms with Crippen molar-refractivity contribution in [2.24, 2.45) is 11.1 Å². The zero-order valence-corrected chi connectivity index (χ0v) is 9.58. The van der Waals surface area contributed by atoms with E-state index in [1.165, 1.54) is 25.1 Å². The summed E-state index contributed by atoms with van der Waals surface area (Å²) in [6, 6.07) is 0. The van der Waals surface area contributed by atoms with Crippen LogP contribution in [0.1, 0.15) is 38.4 Å². The largest absolute Gasteiger partial charge is 0.334 e. The molecule has 1 aromatic rings. The van der Waals surface area contributed by atoms with Crippen molar-refractivity contribution < 1.29 is 0 Å². The van der Waals surface area contributed by atoms with E-state index < -0.39 is 0 Å². The van der Waals surface area contributed by atoms with E-state index in [0.717, 1.165) is 25.9 Å². The molecule has 1 saturated carbocycles. The summed E-state index contributed by atoms with van der Waals surface area (Å²) in [7, 11) is 0. The Morgan fingerprint density at radius 3 is 2.93 bits per heavy atom. The normalized spacial score (nSPS) is 18.0. The van der Waals surface area contributed by atoms with E-state index in [-0.39, 0.29) is 0 Å². The molecule has 0 atom stereocenters. The topological polar surface area (TPSA) is 43.8 Å². The monoisotopic (exact) mass is 207 g/mol. The van der Waals surface area contributed by atoms with E-state index in [2.05, 4.69) is 22.7 Å². The molecule has 1 heterocycles.